The van der Waals surface area contributed by atoms with Gasteiger partial charge in [0.15, 0.2) is 0 Å². The fourth-order valence-electron chi connectivity index (χ4n) is 4.56. The summed E-state index contributed by atoms with van der Waals surface area (Å²) in [5.74, 6) is -0.136. The molecule has 0 unspecified atom stereocenters. The molecule has 3 N–H and O–H groups in total. The molecule has 0 spiro atoms. The lowest BCUT2D eigenvalue weighted by Crippen LogP contribution is -2.37. The number of carbonyl (C=O) groups is 1. The third-order valence-corrected chi connectivity index (χ3v) is 6.13. The van der Waals surface area contributed by atoms with E-state index < -0.39 is 0 Å². The fraction of sp³-hybridized carbons (Fsp3) is 0.538. The van der Waals surface area contributed by atoms with Crippen LogP contribution in [0.2, 0.25) is 0 Å². The number of nitrogens with zero attached hydrogens (tertiary/aromatic N) is 1. The van der Waals surface area contributed by atoms with Crippen molar-refractivity contribution in [3.8, 4) is 0 Å². The summed E-state index contributed by atoms with van der Waals surface area (Å²) >= 11 is 0. The average Bonchev–Trinajstić information content (AvgIpc) is 2.76. The maximum Gasteiger partial charge on any atom is 0.253 e. The maximum absolute atomic E-state index is 12.9. The van der Waals surface area contributed by atoms with Crippen LogP contribution in [0.25, 0.3) is 0 Å². The Morgan fingerprint density at radius 2 is 1.78 bits per heavy atom. The number of hydrogen-bond donors (Lipinski definition) is 3. The van der Waals surface area contributed by atoms with E-state index in [2.05, 4.69) is 33.5 Å². The van der Waals surface area contributed by atoms with Crippen molar-refractivity contribution in [3.05, 3.63) is 62.6 Å². The van der Waals surface area contributed by atoms with Crippen molar-refractivity contribution in [2.75, 3.05) is 25.5 Å². The van der Waals surface area contributed by atoms with E-state index >= 15 is 0 Å². The summed E-state index contributed by atoms with van der Waals surface area (Å²) < 4.78 is 0. The van der Waals surface area contributed by atoms with Crippen molar-refractivity contribution in [1.29, 1.82) is 0 Å². The highest BCUT2D eigenvalue weighted by molar-refractivity contribution is 5.97. The van der Waals surface area contributed by atoms with E-state index in [1.807, 2.05) is 53.1 Å². The predicted octanol–water partition coefficient (Wildman–Crippen LogP) is 4.22. The van der Waals surface area contributed by atoms with E-state index in [-0.39, 0.29) is 18.0 Å². The Bertz CT molecular complexity index is 945. The van der Waals surface area contributed by atoms with Crippen LogP contribution in [-0.2, 0) is 6.54 Å². The number of pyridine rings is 1. The number of benzene rings is 1. The van der Waals surface area contributed by atoms with Gasteiger partial charge < -0.3 is 20.5 Å². The molecular weight excluding hydrogens is 400 g/mol. The number of H-pyrrole nitrogens is 1. The number of carbonyl (C=O) groups excluding carboxylic acids is 1. The van der Waals surface area contributed by atoms with E-state index in [4.69, 9.17) is 0 Å². The van der Waals surface area contributed by atoms with Crippen molar-refractivity contribution in [3.63, 3.8) is 0 Å². The molecule has 0 atom stereocenters. The largest absolute Gasteiger partial charge is 0.369 e. The van der Waals surface area contributed by atoms with Crippen LogP contribution in [0.3, 0.4) is 0 Å². The molecule has 1 heterocycles. The van der Waals surface area contributed by atoms with Crippen molar-refractivity contribution >= 4 is 11.6 Å². The summed E-state index contributed by atoms with van der Waals surface area (Å²) in [7, 11) is 3.75. The minimum absolute atomic E-state index is 0.136. The van der Waals surface area contributed by atoms with Crippen LogP contribution in [0.4, 0.5) is 5.69 Å². The van der Waals surface area contributed by atoms with Crippen LogP contribution in [-0.4, -0.2) is 37.6 Å². The van der Waals surface area contributed by atoms with Crippen LogP contribution in [0, 0.1) is 20.8 Å². The molecule has 1 amide bonds. The molecule has 3 rings (SSSR count). The number of aryl methyl sites for hydroxylation is 2. The van der Waals surface area contributed by atoms with Crippen LogP contribution in [0.1, 0.15) is 71.8 Å². The third kappa shape index (κ3) is 6.45. The van der Waals surface area contributed by atoms with Crippen molar-refractivity contribution in [2.45, 2.75) is 72.4 Å². The van der Waals surface area contributed by atoms with Gasteiger partial charge in [-0.3, -0.25) is 9.59 Å². The molecule has 1 aromatic heterocycles. The van der Waals surface area contributed by atoms with Gasteiger partial charge in [-0.05, 0) is 84.0 Å². The normalized spacial score (nSPS) is 13.8. The van der Waals surface area contributed by atoms with Gasteiger partial charge in [-0.2, -0.15) is 0 Å². The third-order valence-electron chi connectivity index (χ3n) is 6.13. The topological polar surface area (TPSA) is 77.2 Å². The summed E-state index contributed by atoms with van der Waals surface area (Å²) in [6.07, 6.45) is 6.33. The Morgan fingerprint density at radius 3 is 2.38 bits per heavy atom. The smallest absolute Gasteiger partial charge is 0.253 e. The molecule has 1 fully saturated rings. The highest BCUT2D eigenvalue weighted by Gasteiger charge is 2.23. The second kappa shape index (κ2) is 12.4. The van der Waals surface area contributed by atoms with Crippen LogP contribution >= 0.6 is 0 Å². The first-order valence-corrected chi connectivity index (χ1v) is 11.8. The van der Waals surface area contributed by atoms with Crippen LogP contribution in [0.5, 0.6) is 0 Å². The first kappa shape index (κ1) is 25.7. The van der Waals surface area contributed by atoms with E-state index in [9.17, 15) is 9.59 Å². The predicted molar refractivity (Wildman–Crippen MR) is 134 cm³/mol. The number of anilines is 1. The maximum atomic E-state index is 12.9. The second-order valence-electron chi connectivity index (χ2n) is 8.65. The van der Waals surface area contributed by atoms with Gasteiger partial charge in [0, 0.05) is 41.6 Å². The molecule has 2 aromatic rings. The SMILES string of the molecule is CCN(c1cccc(C(=O)NCc2c(C)cc(C)[nH]c2=O)c1C)C1CCCCC1.CNC. The summed E-state index contributed by atoms with van der Waals surface area (Å²) in [6, 6.07) is 8.44. The molecule has 6 heteroatoms. The first-order valence-electron chi connectivity index (χ1n) is 11.8. The van der Waals surface area contributed by atoms with Gasteiger partial charge in [-0.15, -0.1) is 0 Å². The highest BCUT2D eigenvalue weighted by atomic mass is 16.1. The molecule has 176 valence electrons. The standard InChI is InChI=1S/C24H33N3O2.C2H7N/c1-5-27(19-10-7-6-8-11-19)22-13-9-12-20(18(22)4)23(28)25-15-21-16(2)14-17(3)26-24(21)29;1-3-2/h9,12-14,19H,5-8,10-11,15H2,1-4H3,(H,25,28)(H,26,29);3H,1-2H3. The molecule has 1 aromatic carbocycles. The van der Waals surface area contributed by atoms with Crippen molar-refractivity contribution in [1.82, 2.24) is 15.6 Å². The van der Waals surface area contributed by atoms with Gasteiger partial charge in [0.05, 0.1) is 0 Å². The molecular formula is C26H40N4O2. The number of rotatable bonds is 6. The molecule has 1 aliphatic carbocycles. The van der Waals surface area contributed by atoms with Gasteiger partial charge in [0.25, 0.3) is 11.5 Å². The minimum atomic E-state index is -0.136. The molecule has 0 aliphatic heterocycles. The molecule has 0 saturated heterocycles. The average molecular weight is 441 g/mol. The Balaban J connectivity index is 0.00000114. The van der Waals surface area contributed by atoms with Gasteiger partial charge in [0.2, 0.25) is 0 Å². The summed E-state index contributed by atoms with van der Waals surface area (Å²) in [6.45, 7) is 9.14. The molecule has 6 nitrogen and oxygen atoms in total. The number of nitrogens with one attached hydrogen (secondary N) is 3. The zero-order valence-electron chi connectivity index (χ0n) is 20.6. The minimum Gasteiger partial charge on any atom is -0.369 e. The van der Waals surface area contributed by atoms with Gasteiger partial charge in [-0.1, -0.05) is 25.3 Å². The summed E-state index contributed by atoms with van der Waals surface area (Å²) in [5.41, 5.74) is 5.03. The number of hydrogen-bond acceptors (Lipinski definition) is 4. The quantitative estimate of drug-likeness (QED) is 0.628. The zero-order chi connectivity index (χ0) is 23.7. The Morgan fingerprint density at radius 1 is 1.12 bits per heavy atom. The van der Waals surface area contributed by atoms with Crippen LogP contribution in [0.15, 0.2) is 29.1 Å². The summed E-state index contributed by atoms with van der Waals surface area (Å²) in [5, 5.41) is 5.69. The van der Waals surface area contributed by atoms with Crippen molar-refractivity contribution in [2.24, 2.45) is 0 Å². The van der Waals surface area contributed by atoms with E-state index in [0.717, 1.165) is 29.1 Å². The molecule has 32 heavy (non-hydrogen) atoms. The summed E-state index contributed by atoms with van der Waals surface area (Å²) in [4.78, 5) is 30.4. The Kier molecular flexibility index (Phi) is 9.97. The number of amides is 1. The second-order valence-corrected chi connectivity index (χ2v) is 8.65. The van der Waals surface area contributed by atoms with Crippen LogP contribution < -0.4 is 21.1 Å². The van der Waals surface area contributed by atoms with E-state index in [1.165, 1.54) is 32.1 Å². The zero-order valence-corrected chi connectivity index (χ0v) is 20.6. The lowest BCUT2D eigenvalue weighted by atomic mass is 9.93. The number of aromatic amines is 1. The molecule has 0 radical (unpaired) electrons. The monoisotopic (exact) mass is 440 g/mol. The first-order chi connectivity index (χ1) is 15.3. The highest BCUT2D eigenvalue weighted by Crippen LogP contribution is 2.30. The Hall–Kier alpha value is -2.60. The lowest BCUT2D eigenvalue weighted by molar-refractivity contribution is 0.0950. The fourth-order valence-corrected chi connectivity index (χ4v) is 4.56. The van der Waals surface area contributed by atoms with E-state index in [0.29, 0.717) is 17.2 Å². The van der Waals surface area contributed by atoms with E-state index in [1.54, 1.807) is 0 Å². The van der Waals surface area contributed by atoms with Gasteiger partial charge >= 0.3 is 0 Å². The van der Waals surface area contributed by atoms with Gasteiger partial charge in [0.1, 0.15) is 0 Å². The molecule has 1 aliphatic rings. The van der Waals surface area contributed by atoms with Gasteiger partial charge in [-0.25, -0.2) is 0 Å². The lowest BCUT2D eigenvalue weighted by Gasteiger charge is -2.36. The molecule has 1 saturated carbocycles. The van der Waals surface area contributed by atoms with Crippen molar-refractivity contribution < 1.29 is 4.79 Å². The molecule has 0 bridgehead atoms. The Labute approximate surface area is 192 Å². The number of aromatic nitrogens is 1.